The minimum atomic E-state index is -0.445. The fraction of sp³-hybridized carbons (Fsp3) is 0.636. The summed E-state index contributed by atoms with van der Waals surface area (Å²) in [5.74, 6) is -0.445. The van der Waals surface area contributed by atoms with E-state index >= 15 is 0 Å². The first-order chi connectivity index (χ1) is 8.24. The lowest BCUT2D eigenvalue weighted by Crippen LogP contribution is -2.19. The van der Waals surface area contributed by atoms with Gasteiger partial charge in [-0.25, -0.2) is 9.48 Å². The number of hydrogen-bond donors (Lipinski definition) is 0. The smallest absolute Gasteiger partial charge is 0.342 e. The molecule has 1 atom stereocenters. The molecule has 0 amide bonds. The molecule has 2 heterocycles. The van der Waals surface area contributed by atoms with Crippen molar-refractivity contribution in [3.8, 4) is 0 Å². The van der Waals surface area contributed by atoms with E-state index in [-0.39, 0.29) is 11.4 Å². The van der Waals surface area contributed by atoms with Crippen LogP contribution in [0.15, 0.2) is 6.20 Å². The van der Waals surface area contributed by atoms with Crippen molar-refractivity contribution in [3.63, 3.8) is 0 Å². The Kier molecular flexibility index (Phi) is 4.02. The maximum atomic E-state index is 11.6. The number of rotatable bonds is 3. The van der Waals surface area contributed by atoms with E-state index < -0.39 is 5.97 Å². The second-order valence-corrected chi connectivity index (χ2v) is 4.19. The first-order valence-electron chi connectivity index (χ1n) is 5.75. The van der Waals surface area contributed by atoms with Gasteiger partial charge in [-0.2, -0.15) is 5.10 Å². The molecule has 6 heteroatoms. The number of carbonyl (C=O) groups is 1. The first-order valence-corrected chi connectivity index (χ1v) is 6.13. The summed E-state index contributed by atoms with van der Waals surface area (Å²) in [6.45, 7) is 2.77. The van der Waals surface area contributed by atoms with Gasteiger partial charge >= 0.3 is 5.97 Å². The van der Waals surface area contributed by atoms with E-state index in [2.05, 4.69) is 5.10 Å². The fourth-order valence-corrected chi connectivity index (χ4v) is 2.09. The van der Waals surface area contributed by atoms with Crippen LogP contribution in [0.2, 0.25) is 5.15 Å². The molecule has 0 spiro atoms. The van der Waals surface area contributed by atoms with Gasteiger partial charge in [-0.05, 0) is 26.2 Å². The van der Waals surface area contributed by atoms with Crippen molar-refractivity contribution in [3.05, 3.63) is 16.9 Å². The normalized spacial score (nSPS) is 20.2. The van der Waals surface area contributed by atoms with E-state index in [1.54, 1.807) is 11.6 Å². The molecule has 5 nitrogen and oxygen atoms in total. The zero-order valence-corrected chi connectivity index (χ0v) is 10.4. The average molecular weight is 259 g/mol. The van der Waals surface area contributed by atoms with Gasteiger partial charge in [0.05, 0.1) is 12.8 Å². The highest BCUT2D eigenvalue weighted by atomic mass is 35.5. The maximum absolute atomic E-state index is 11.6. The van der Waals surface area contributed by atoms with Crippen LogP contribution in [-0.2, 0) is 9.47 Å². The van der Waals surface area contributed by atoms with E-state index in [0.29, 0.717) is 18.8 Å². The molecule has 1 saturated heterocycles. The molecule has 0 aliphatic carbocycles. The standard InChI is InChI=1S/C11H15ClN2O3/c1-2-16-11(15)8-7-13-14(10(8)12)9-5-3-4-6-17-9/h7,9H,2-6H2,1H3. The van der Waals surface area contributed by atoms with Gasteiger partial charge in [0.25, 0.3) is 0 Å². The van der Waals surface area contributed by atoms with Gasteiger partial charge in [0.2, 0.25) is 0 Å². The highest BCUT2D eigenvalue weighted by molar-refractivity contribution is 6.32. The number of nitrogens with zero attached hydrogens (tertiary/aromatic N) is 2. The summed E-state index contributed by atoms with van der Waals surface area (Å²) < 4.78 is 12.0. The topological polar surface area (TPSA) is 53.3 Å². The van der Waals surface area contributed by atoms with Crippen molar-refractivity contribution in [1.29, 1.82) is 0 Å². The number of esters is 1. The Hall–Kier alpha value is -1.07. The van der Waals surface area contributed by atoms with Gasteiger partial charge in [-0.1, -0.05) is 11.6 Å². The van der Waals surface area contributed by atoms with Crippen molar-refractivity contribution in [1.82, 2.24) is 9.78 Å². The van der Waals surface area contributed by atoms with Crippen LogP contribution in [0, 0.1) is 0 Å². The molecule has 0 N–H and O–H groups in total. The van der Waals surface area contributed by atoms with E-state index in [0.717, 1.165) is 19.3 Å². The van der Waals surface area contributed by atoms with Crippen LogP contribution >= 0.6 is 11.6 Å². The number of ether oxygens (including phenoxy) is 2. The SMILES string of the molecule is CCOC(=O)c1cnn(C2CCCCO2)c1Cl. The lowest BCUT2D eigenvalue weighted by molar-refractivity contribution is -0.0393. The van der Waals surface area contributed by atoms with E-state index in [1.807, 2.05) is 0 Å². The monoisotopic (exact) mass is 258 g/mol. The molecule has 0 radical (unpaired) electrons. The molecule has 1 aromatic rings. The van der Waals surface area contributed by atoms with Crippen LogP contribution in [0.5, 0.6) is 0 Å². The Morgan fingerprint density at radius 2 is 2.53 bits per heavy atom. The van der Waals surface area contributed by atoms with Crippen molar-refractivity contribution in [2.45, 2.75) is 32.4 Å². The summed E-state index contributed by atoms with van der Waals surface area (Å²) in [6.07, 6.45) is 4.26. The molecule has 1 aliphatic heterocycles. The van der Waals surface area contributed by atoms with E-state index in [9.17, 15) is 4.79 Å². The van der Waals surface area contributed by atoms with Crippen LogP contribution < -0.4 is 0 Å². The second-order valence-electron chi connectivity index (χ2n) is 3.84. The van der Waals surface area contributed by atoms with Gasteiger partial charge < -0.3 is 9.47 Å². The van der Waals surface area contributed by atoms with Crippen molar-refractivity contribution in [2.75, 3.05) is 13.2 Å². The highest BCUT2D eigenvalue weighted by Gasteiger charge is 2.23. The Morgan fingerprint density at radius 3 is 3.18 bits per heavy atom. The maximum Gasteiger partial charge on any atom is 0.342 e. The quantitative estimate of drug-likeness (QED) is 0.782. The minimum Gasteiger partial charge on any atom is -0.462 e. The summed E-state index contributed by atoms with van der Waals surface area (Å²) in [5, 5.41) is 4.39. The Balaban J connectivity index is 2.16. The molecule has 0 saturated carbocycles. The second kappa shape index (κ2) is 5.51. The molecule has 0 aromatic carbocycles. The third-order valence-electron chi connectivity index (χ3n) is 2.66. The Labute approximate surface area is 105 Å². The summed E-state index contributed by atoms with van der Waals surface area (Å²) >= 11 is 6.11. The van der Waals surface area contributed by atoms with Crippen molar-refractivity contribution < 1.29 is 14.3 Å². The summed E-state index contributed by atoms with van der Waals surface area (Å²) in [5.41, 5.74) is 0.294. The van der Waals surface area contributed by atoms with Crippen LogP contribution in [0.4, 0.5) is 0 Å². The van der Waals surface area contributed by atoms with Crippen LogP contribution in [0.3, 0.4) is 0 Å². The van der Waals surface area contributed by atoms with Crippen LogP contribution in [0.1, 0.15) is 42.8 Å². The summed E-state index contributed by atoms with van der Waals surface area (Å²) in [7, 11) is 0. The van der Waals surface area contributed by atoms with Crippen molar-refractivity contribution >= 4 is 17.6 Å². The number of carbonyl (C=O) groups excluding carboxylic acids is 1. The van der Waals surface area contributed by atoms with Crippen molar-refractivity contribution in [2.24, 2.45) is 0 Å². The zero-order valence-electron chi connectivity index (χ0n) is 9.69. The Bertz CT molecular complexity index is 399. The number of halogens is 1. The van der Waals surface area contributed by atoms with Gasteiger partial charge in [-0.3, -0.25) is 0 Å². The fourth-order valence-electron chi connectivity index (χ4n) is 1.81. The lowest BCUT2D eigenvalue weighted by Gasteiger charge is -2.23. The predicted molar refractivity (Wildman–Crippen MR) is 62.0 cm³/mol. The Morgan fingerprint density at radius 1 is 1.71 bits per heavy atom. The van der Waals surface area contributed by atoms with Crippen LogP contribution in [0.25, 0.3) is 0 Å². The molecule has 17 heavy (non-hydrogen) atoms. The summed E-state index contributed by atoms with van der Waals surface area (Å²) in [6, 6.07) is 0. The average Bonchev–Trinajstić information content (AvgIpc) is 2.72. The van der Waals surface area contributed by atoms with Gasteiger partial charge in [-0.15, -0.1) is 0 Å². The predicted octanol–water partition coefficient (Wildman–Crippen LogP) is 2.41. The lowest BCUT2D eigenvalue weighted by atomic mass is 10.2. The molecule has 1 aromatic heterocycles. The van der Waals surface area contributed by atoms with E-state index in [4.69, 9.17) is 21.1 Å². The molecular weight excluding hydrogens is 244 g/mol. The van der Waals surface area contributed by atoms with Gasteiger partial charge in [0, 0.05) is 6.61 Å². The molecular formula is C11H15ClN2O3. The van der Waals surface area contributed by atoms with Gasteiger partial charge in [0.15, 0.2) is 6.23 Å². The molecule has 1 fully saturated rings. The summed E-state index contributed by atoms with van der Waals surface area (Å²) in [4.78, 5) is 11.6. The minimum absolute atomic E-state index is 0.167. The largest absolute Gasteiger partial charge is 0.462 e. The van der Waals surface area contributed by atoms with Crippen LogP contribution in [-0.4, -0.2) is 29.0 Å². The van der Waals surface area contributed by atoms with E-state index in [1.165, 1.54) is 6.20 Å². The number of hydrogen-bond acceptors (Lipinski definition) is 4. The molecule has 94 valence electrons. The molecule has 2 rings (SSSR count). The first kappa shape index (κ1) is 12.4. The third-order valence-corrected chi connectivity index (χ3v) is 3.04. The molecule has 1 unspecified atom stereocenters. The number of aromatic nitrogens is 2. The third kappa shape index (κ3) is 2.61. The molecule has 1 aliphatic rings. The molecule has 0 bridgehead atoms. The zero-order chi connectivity index (χ0) is 12.3. The van der Waals surface area contributed by atoms with Gasteiger partial charge in [0.1, 0.15) is 10.7 Å². The highest BCUT2D eigenvalue weighted by Crippen LogP contribution is 2.27.